The summed E-state index contributed by atoms with van der Waals surface area (Å²) < 4.78 is 7.64. The predicted octanol–water partition coefficient (Wildman–Crippen LogP) is 3.64. The largest absolute Gasteiger partial charge is 0.497 e. The van der Waals surface area contributed by atoms with Crippen molar-refractivity contribution in [2.75, 3.05) is 31.7 Å². The van der Waals surface area contributed by atoms with Crippen LogP contribution in [0.3, 0.4) is 0 Å². The zero-order chi connectivity index (χ0) is 13.4. The zero-order valence-electron chi connectivity index (χ0n) is 11.3. The lowest BCUT2D eigenvalue weighted by Crippen LogP contribution is -2.29. The van der Waals surface area contributed by atoms with E-state index in [1.807, 2.05) is 37.7 Å². The van der Waals surface area contributed by atoms with Gasteiger partial charge in [0.05, 0.1) is 14.4 Å². The van der Waals surface area contributed by atoms with Crippen LogP contribution in [0.1, 0.15) is 13.8 Å². The Bertz CT molecular complexity index is 328. The number of methoxy groups -OCH3 is 1. The van der Waals surface area contributed by atoms with Gasteiger partial charge in [-0.3, -0.25) is 4.67 Å². The second kappa shape index (κ2) is 9.08. The highest BCUT2D eigenvalue weighted by Gasteiger charge is 2.19. The molecule has 0 radical (unpaired) electrons. The highest BCUT2D eigenvalue weighted by Crippen LogP contribution is 2.44. The Balaban J connectivity index is 0.000000771. The third-order valence-corrected chi connectivity index (χ3v) is 6.65. The van der Waals surface area contributed by atoms with E-state index in [-0.39, 0.29) is 0 Å². The van der Waals surface area contributed by atoms with Crippen LogP contribution in [0.5, 0.6) is 5.75 Å². The normalized spacial score (nSPS) is 17.6. The third-order valence-electron chi connectivity index (χ3n) is 2.56. The van der Waals surface area contributed by atoms with Crippen LogP contribution in [0.2, 0.25) is 0 Å². The molecule has 1 fully saturated rings. The fraction of sp³-hybridized carbons (Fsp3) is 0.538. The lowest BCUT2D eigenvalue weighted by Gasteiger charge is -2.31. The molecule has 0 aliphatic carbocycles. The van der Waals surface area contributed by atoms with Gasteiger partial charge in [0.25, 0.3) is 0 Å². The van der Waals surface area contributed by atoms with Crippen LogP contribution < -0.4 is 10.0 Å². The quantitative estimate of drug-likeness (QED) is 0.676. The molecule has 1 unspecified atom stereocenters. The van der Waals surface area contributed by atoms with Crippen molar-refractivity contribution in [1.82, 2.24) is 4.67 Å². The average molecular weight is 303 g/mol. The minimum Gasteiger partial charge on any atom is -0.497 e. The molecule has 1 aromatic carbocycles. The van der Waals surface area contributed by atoms with Gasteiger partial charge in [-0.1, -0.05) is 13.8 Å². The summed E-state index contributed by atoms with van der Waals surface area (Å²) in [6.07, 6.45) is 0. The fourth-order valence-electron chi connectivity index (χ4n) is 1.62. The van der Waals surface area contributed by atoms with Crippen molar-refractivity contribution in [2.45, 2.75) is 13.8 Å². The van der Waals surface area contributed by atoms with Crippen LogP contribution in [0.25, 0.3) is 0 Å². The van der Waals surface area contributed by atoms with E-state index in [1.165, 1.54) is 16.8 Å². The van der Waals surface area contributed by atoms with Crippen LogP contribution in [0, 0.1) is 0 Å². The number of nitrogens with zero attached hydrogens (tertiary/aromatic N) is 1. The van der Waals surface area contributed by atoms with Gasteiger partial charge in [0, 0.05) is 29.9 Å². The van der Waals surface area contributed by atoms with Gasteiger partial charge >= 0.3 is 0 Å². The summed E-state index contributed by atoms with van der Waals surface area (Å²) in [7, 11) is 1.24. The average Bonchev–Trinajstić information content (AvgIpc) is 2.49. The van der Waals surface area contributed by atoms with E-state index >= 15 is 0 Å². The van der Waals surface area contributed by atoms with Gasteiger partial charge in [0.2, 0.25) is 0 Å². The van der Waals surface area contributed by atoms with Gasteiger partial charge in [0.1, 0.15) is 5.75 Å². The highest BCUT2D eigenvalue weighted by molar-refractivity contribution is 8.47. The first-order valence-electron chi connectivity index (χ1n) is 6.27. The summed E-state index contributed by atoms with van der Waals surface area (Å²) in [5, 5.41) is 1.31. The third kappa shape index (κ3) is 4.65. The highest BCUT2D eigenvalue weighted by atomic mass is 32.7. The molecule has 1 aromatic rings. The van der Waals surface area contributed by atoms with Crippen molar-refractivity contribution < 1.29 is 4.74 Å². The van der Waals surface area contributed by atoms with Gasteiger partial charge in [-0.05, 0) is 24.3 Å². The van der Waals surface area contributed by atoms with Gasteiger partial charge in [0.15, 0.2) is 0 Å². The molecule has 0 amide bonds. The molecule has 1 aliphatic rings. The Hall–Kier alpha value is 0.110. The van der Waals surface area contributed by atoms with E-state index in [2.05, 4.69) is 16.8 Å². The van der Waals surface area contributed by atoms with E-state index in [0.717, 1.165) is 18.8 Å². The molecule has 0 spiro atoms. The first-order chi connectivity index (χ1) is 8.81. The van der Waals surface area contributed by atoms with Crippen LogP contribution in [0.4, 0.5) is 0 Å². The molecular weight excluding hydrogens is 281 g/mol. The van der Waals surface area contributed by atoms with Crippen LogP contribution in [0.15, 0.2) is 24.3 Å². The molecule has 102 valence electrons. The molecule has 1 aliphatic heterocycles. The van der Waals surface area contributed by atoms with Crippen molar-refractivity contribution in [3.8, 4) is 5.75 Å². The predicted molar refractivity (Wildman–Crippen MR) is 88.8 cm³/mol. The van der Waals surface area contributed by atoms with E-state index in [9.17, 15) is 0 Å². The monoisotopic (exact) mass is 303 g/mol. The summed E-state index contributed by atoms with van der Waals surface area (Å²) in [5.41, 5.74) is 0. The summed E-state index contributed by atoms with van der Waals surface area (Å²) in [5.74, 6) is 3.38. The minimum absolute atomic E-state index is 0.452. The smallest absolute Gasteiger partial charge is 0.118 e. The zero-order valence-corrected chi connectivity index (χ0v) is 13.9. The molecule has 18 heavy (non-hydrogen) atoms. The molecular formula is C13H22NOPS2. The molecule has 0 aromatic heterocycles. The van der Waals surface area contributed by atoms with E-state index in [0.29, 0.717) is 0 Å². The Labute approximate surface area is 121 Å². The standard InChI is InChI=1S/C11H16NOPS2.C2H6/c1-13-10-2-4-11(5-3-10)14(15)12-6-8-16-9-7-12;1-2/h2-5,15H,6-9H2,1H3;1-2H3. The second-order valence-electron chi connectivity index (χ2n) is 3.55. The molecule has 0 saturated carbocycles. The Morgan fingerprint density at radius 2 is 1.72 bits per heavy atom. The number of ether oxygens (including phenoxy) is 1. The first-order valence-corrected chi connectivity index (χ1v) is 9.87. The molecule has 0 bridgehead atoms. The number of benzene rings is 1. The van der Waals surface area contributed by atoms with Crippen LogP contribution in [-0.4, -0.2) is 36.4 Å². The van der Waals surface area contributed by atoms with E-state index in [1.54, 1.807) is 7.11 Å². The number of hydrogen-bond donors (Lipinski definition) is 1. The Morgan fingerprint density at radius 3 is 2.22 bits per heavy atom. The first kappa shape index (κ1) is 16.2. The second-order valence-corrected chi connectivity index (χ2v) is 7.58. The van der Waals surface area contributed by atoms with Crippen molar-refractivity contribution in [2.24, 2.45) is 0 Å². The van der Waals surface area contributed by atoms with Crippen molar-refractivity contribution in [1.29, 1.82) is 0 Å². The van der Waals surface area contributed by atoms with Gasteiger partial charge in [-0.2, -0.15) is 11.8 Å². The summed E-state index contributed by atoms with van der Waals surface area (Å²) in [6.45, 7) is 6.32. The van der Waals surface area contributed by atoms with Crippen LogP contribution >= 0.6 is 31.3 Å². The lowest BCUT2D eigenvalue weighted by molar-refractivity contribution is 0.415. The number of thiol groups is 1. The van der Waals surface area contributed by atoms with Gasteiger partial charge in [-0.15, -0.1) is 12.2 Å². The van der Waals surface area contributed by atoms with Gasteiger partial charge < -0.3 is 4.74 Å². The topological polar surface area (TPSA) is 12.5 Å². The molecule has 1 heterocycles. The van der Waals surface area contributed by atoms with E-state index in [4.69, 9.17) is 17.0 Å². The summed E-state index contributed by atoms with van der Waals surface area (Å²) in [4.78, 5) is 0. The molecule has 2 rings (SSSR count). The van der Waals surface area contributed by atoms with Gasteiger partial charge in [-0.25, -0.2) is 0 Å². The number of thioether (sulfide) groups is 1. The van der Waals surface area contributed by atoms with Crippen molar-refractivity contribution in [3.05, 3.63) is 24.3 Å². The Morgan fingerprint density at radius 1 is 1.17 bits per heavy atom. The molecule has 1 atom stereocenters. The SMILES string of the molecule is CC.COc1ccc(P(S)N2CCSCC2)cc1. The molecule has 5 heteroatoms. The van der Waals surface area contributed by atoms with E-state index < -0.39 is 7.27 Å². The maximum Gasteiger partial charge on any atom is 0.118 e. The van der Waals surface area contributed by atoms with Crippen molar-refractivity contribution in [3.63, 3.8) is 0 Å². The maximum atomic E-state index is 5.16. The minimum atomic E-state index is -0.452. The lowest BCUT2D eigenvalue weighted by atomic mass is 10.3. The van der Waals surface area contributed by atoms with Crippen LogP contribution in [-0.2, 0) is 0 Å². The molecule has 2 nitrogen and oxygen atoms in total. The van der Waals surface area contributed by atoms with Crippen molar-refractivity contribution >= 4 is 36.6 Å². The summed E-state index contributed by atoms with van der Waals surface area (Å²) in [6, 6.07) is 8.28. The summed E-state index contributed by atoms with van der Waals surface area (Å²) >= 11 is 6.80. The Kier molecular flexibility index (Phi) is 8.16. The fourth-order valence-corrected chi connectivity index (χ4v) is 5.05. The number of hydrogen-bond acceptors (Lipinski definition) is 4. The molecule has 0 N–H and O–H groups in total. The maximum absolute atomic E-state index is 5.16. The number of rotatable bonds is 3. The molecule has 1 saturated heterocycles.